The lowest BCUT2D eigenvalue weighted by Gasteiger charge is -2.21. The minimum atomic E-state index is 0.771. The molecule has 84 heavy (non-hydrogen) atoms. The highest BCUT2D eigenvalue weighted by molar-refractivity contribution is 5.85. The van der Waals surface area contributed by atoms with Crippen LogP contribution in [0.4, 0.5) is 0 Å². The molecule has 0 unspecified atom stereocenters. The summed E-state index contributed by atoms with van der Waals surface area (Å²) in [6.07, 6.45) is 39.6. The molecule has 2 heteroatoms. The molecule has 0 spiro atoms. The number of unbranched alkanes of at least 4 members (excludes halogenated alkanes) is 20. The van der Waals surface area contributed by atoms with Crippen molar-refractivity contribution in [2.75, 3.05) is 0 Å². The van der Waals surface area contributed by atoms with Crippen LogP contribution in [0.15, 0.2) is 158 Å². The molecule has 0 aliphatic rings. The van der Waals surface area contributed by atoms with Crippen LogP contribution in [0, 0.1) is 13.8 Å². The summed E-state index contributed by atoms with van der Waals surface area (Å²) >= 11 is 0. The van der Waals surface area contributed by atoms with Crippen molar-refractivity contribution in [1.29, 1.82) is 0 Å². The number of benzene rings is 7. The fraction of sp³-hybridized carbons (Fsp3) is 0.415. The third-order valence-electron chi connectivity index (χ3n) is 17.5. The second-order valence-corrected chi connectivity index (χ2v) is 24.5. The normalized spacial score (nSPS) is 11.5. The predicted octanol–water partition coefficient (Wildman–Crippen LogP) is 24.9. The van der Waals surface area contributed by atoms with Crippen LogP contribution >= 0.6 is 0 Å². The molecule has 8 rings (SSSR count). The van der Waals surface area contributed by atoms with E-state index in [0.717, 1.165) is 59.6 Å². The van der Waals surface area contributed by atoms with Gasteiger partial charge in [-0.25, -0.2) is 9.97 Å². The van der Waals surface area contributed by atoms with E-state index in [9.17, 15) is 0 Å². The molecule has 0 saturated heterocycles. The van der Waals surface area contributed by atoms with Crippen LogP contribution in [0.25, 0.3) is 79.4 Å². The SMILES string of the molecule is CCCCCCCCc1cc(-c2cc(-c3nc(-c4ccccc4)cc(-c4ccccc4)n3)cc(-c3cc(CCCCCCCC)c(-c4ccc(/C=C/c5ccc(C)cc5)cc4)cc3CCCCCCCC)c2)c(CCCCCCCC)cc1C. The van der Waals surface area contributed by atoms with Gasteiger partial charge in [-0.05, 0) is 162 Å². The first-order valence-corrected chi connectivity index (χ1v) is 33.6. The van der Waals surface area contributed by atoms with Crippen LogP contribution in [-0.4, -0.2) is 9.97 Å². The Labute approximate surface area is 510 Å². The van der Waals surface area contributed by atoms with E-state index in [4.69, 9.17) is 9.97 Å². The molecule has 7 aromatic carbocycles. The maximum atomic E-state index is 5.55. The van der Waals surface area contributed by atoms with Crippen molar-refractivity contribution in [2.24, 2.45) is 0 Å². The van der Waals surface area contributed by atoms with Gasteiger partial charge in [-0.1, -0.05) is 307 Å². The Balaban J connectivity index is 1.33. The number of hydrogen-bond donors (Lipinski definition) is 0. The van der Waals surface area contributed by atoms with E-state index in [1.165, 1.54) is 232 Å². The fourth-order valence-corrected chi connectivity index (χ4v) is 12.4. The number of aryl methyl sites for hydroxylation is 6. The highest BCUT2D eigenvalue weighted by Gasteiger charge is 2.20. The predicted molar refractivity (Wildman–Crippen MR) is 368 cm³/mol. The van der Waals surface area contributed by atoms with E-state index in [1.807, 2.05) is 0 Å². The first-order valence-electron chi connectivity index (χ1n) is 33.6. The van der Waals surface area contributed by atoms with Crippen molar-refractivity contribution in [3.63, 3.8) is 0 Å². The van der Waals surface area contributed by atoms with E-state index in [-0.39, 0.29) is 0 Å². The van der Waals surface area contributed by atoms with Gasteiger partial charge in [0, 0.05) is 16.7 Å². The Morgan fingerprint density at radius 3 is 1.06 bits per heavy atom. The highest BCUT2D eigenvalue weighted by atomic mass is 14.9. The van der Waals surface area contributed by atoms with Gasteiger partial charge in [-0.3, -0.25) is 0 Å². The number of hydrogen-bond acceptors (Lipinski definition) is 2. The number of nitrogens with zero attached hydrogens (tertiary/aromatic N) is 2. The molecule has 1 heterocycles. The van der Waals surface area contributed by atoms with Crippen molar-refractivity contribution < 1.29 is 0 Å². The van der Waals surface area contributed by atoms with Crippen molar-refractivity contribution in [2.45, 2.75) is 221 Å². The molecule has 0 bridgehead atoms. The molecular weight excluding hydrogens is 1010 g/mol. The van der Waals surface area contributed by atoms with Crippen LogP contribution in [0.1, 0.15) is 226 Å². The molecule has 0 aliphatic heterocycles. The van der Waals surface area contributed by atoms with Crippen molar-refractivity contribution in [3.8, 4) is 67.3 Å². The summed E-state index contributed by atoms with van der Waals surface area (Å²) < 4.78 is 0. The summed E-state index contributed by atoms with van der Waals surface area (Å²) in [5, 5.41) is 0. The molecule has 2 nitrogen and oxygen atoms in total. The fourth-order valence-electron chi connectivity index (χ4n) is 12.4. The van der Waals surface area contributed by atoms with Gasteiger partial charge in [-0.2, -0.15) is 0 Å². The van der Waals surface area contributed by atoms with Crippen molar-refractivity contribution in [1.82, 2.24) is 9.97 Å². The second kappa shape index (κ2) is 35.0. The highest BCUT2D eigenvalue weighted by Crippen LogP contribution is 2.41. The zero-order chi connectivity index (χ0) is 58.6. The molecule has 0 radical (unpaired) electrons. The minimum absolute atomic E-state index is 0.771. The van der Waals surface area contributed by atoms with E-state index >= 15 is 0 Å². The van der Waals surface area contributed by atoms with Crippen LogP contribution in [0.2, 0.25) is 0 Å². The standard InChI is InChI=1S/C82H102N2/c1-7-11-15-19-23-29-41-70-59-78(71(55-64(70)6)42-30-24-20-16-12-8-2)74-56-75(58-76(57-74)82-83-80(68-37-33-27-34-38-68)62-81(84-82)69-39-35-28-36-40-69)79-61-72(43-31-25-21-17-13-9-3)77(60-73(79)44-32-26-22-18-14-10-4)67-53-51-66(52-54-67)50-49-65-47-45-63(5)46-48-65/h27-28,33-40,45-62H,7-26,29-32,41-44H2,1-6H3/b50-49+. The third kappa shape index (κ3) is 19.5. The summed E-state index contributed by atoms with van der Waals surface area (Å²) in [7, 11) is 0. The minimum Gasteiger partial charge on any atom is -0.228 e. The van der Waals surface area contributed by atoms with Gasteiger partial charge in [0.1, 0.15) is 0 Å². The maximum Gasteiger partial charge on any atom is 0.160 e. The summed E-state index contributed by atoms with van der Waals surface area (Å²) in [6, 6.07) is 59.8. The molecule has 0 aliphatic carbocycles. The average Bonchev–Trinajstić information content (AvgIpc) is 3.61. The molecule has 0 atom stereocenters. The Morgan fingerprint density at radius 1 is 0.286 bits per heavy atom. The van der Waals surface area contributed by atoms with E-state index in [2.05, 4.69) is 211 Å². The molecule has 1 aromatic heterocycles. The Kier molecular flexibility index (Phi) is 26.4. The molecular formula is C82H102N2. The lowest BCUT2D eigenvalue weighted by molar-refractivity contribution is 0.605. The quantitative estimate of drug-likeness (QED) is 0.0289. The Hall–Kier alpha value is -6.64. The van der Waals surface area contributed by atoms with Crippen LogP contribution < -0.4 is 0 Å². The molecule has 0 fully saturated rings. The largest absolute Gasteiger partial charge is 0.228 e. The lowest BCUT2D eigenvalue weighted by Crippen LogP contribution is -2.01. The average molecular weight is 1120 g/mol. The summed E-state index contributed by atoms with van der Waals surface area (Å²) in [4.78, 5) is 11.1. The molecule has 8 aromatic rings. The Morgan fingerprint density at radius 2 is 0.631 bits per heavy atom. The number of aromatic nitrogens is 2. The topological polar surface area (TPSA) is 25.8 Å². The smallest absolute Gasteiger partial charge is 0.160 e. The molecule has 0 N–H and O–H groups in total. The van der Waals surface area contributed by atoms with Crippen molar-refractivity contribution >= 4 is 12.2 Å². The maximum absolute atomic E-state index is 5.55. The van der Waals surface area contributed by atoms with Gasteiger partial charge in [0.25, 0.3) is 0 Å². The zero-order valence-electron chi connectivity index (χ0n) is 52.9. The molecule has 0 saturated carbocycles. The van der Waals surface area contributed by atoms with Crippen molar-refractivity contribution in [3.05, 3.63) is 202 Å². The molecule has 0 amide bonds. The molecule has 440 valence electrons. The van der Waals surface area contributed by atoms with Gasteiger partial charge >= 0.3 is 0 Å². The first-order chi connectivity index (χ1) is 41.3. The number of rotatable bonds is 36. The van der Waals surface area contributed by atoms with Gasteiger partial charge < -0.3 is 0 Å². The summed E-state index contributed by atoms with van der Waals surface area (Å²) in [5.74, 6) is 0.771. The first kappa shape index (κ1) is 63.4. The van der Waals surface area contributed by atoms with E-state index in [0.29, 0.717) is 0 Å². The Bertz CT molecular complexity index is 3160. The second-order valence-electron chi connectivity index (χ2n) is 24.5. The van der Waals surface area contributed by atoms with Crippen LogP contribution in [0.5, 0.6) is 0 Å². The third-order valence-corrected chi connectivity index (χ3v) is 17.5. The van der Waals surface area contributed by atoms with E-state index < -0.39 is 0 Å². The van der Waals surface area contributed by atoms with Crippen LogP contribution in [0.3, 0.4) is 0 Å². The van der Waals surface area contributed by atoms with Gasteiger partial charge in [0.2, 0.25) is 0 Å². The lowest BCUT2D eigenvalue weighted by atomic mass is 9.84. The monoisotopic (exact) mass is 1110 g/mol. The summed E-state index contributed by atoms with van der Waals surface area (Å²) in [5.41, 5.74) is 24.2. The van der Waals surface area contributed by atoms with Crippen LogP contribution in [-0.2, 0) is 25.7 Å². The summed E-state index contributed by atoms with van der Waals surface area (Å²) in [6.45, 7) is 13.8. The van der Waals surface area contributed by atoms with Gasteiger partial charge in [0.05, 0.1) is 11.4 Å². The van der Waals surface area contributed by atoms with E-state index in [1.54, 1.807) is 0 Å². The van der Waals surface area contributed by atoms with Gasteiger partial charge in [0.15, 0.2) is 5.82 Å². The zero-order valence-corrected chi connectivity index (χ0v) is 52.9. The van der Waals surface area contributed by atoms with Gasteiger partial charge in [-0.15, -0.1) is 0 Å².